The maximum Gasteiger partial charge on any atom is 0.289 e. The van der Waals surface area contributed by atoms with Gasteiger partial charge in [0, 0.05) is 23.9 Å². The van der Waals surface area contributed by atoms with E-state index in [1.807, 2.05) is 37.1 Å². The number of anilines is 1. The second-order valence-electron chi connectivity index (χ2n) is 5.96. The Morgan fingerprint density at radius 3 is 2.69 bits per heavy atom. The van der Waals surface area contributed by atoms with Crippen LogP contribution < -0.4 is 10.1 Å². The molecular formula is C18H20ClN3O4. The molecule has 0 bridgehead atoms. The molecule has 2 aromatic carbocycles. The van der Waals surface area contributed by atoms with Crippen molar-refractivity contribution in [2.45, 2.75) is 13.5 Å². The lowest BCUT2D eigenvalue weighted by atomic mass is 10.1. The smallest absolute Gasteiger partial charge is 0.289 e. The van der Waals surface area contributed by atoms with E-state index >= 15 is 0 Å². The number of methoxy groups -OCH3 is 1. The highest BCUT2D eigenvalue weighted by molar-refractivity contribution is 6.32. The molecule has 2 aromatic rings. The van der Waals surface area contributed by atoms with Gasteiger partial charge in [-0.1, -0.05) is 29.3 Å². The van der Waals surface area contributed by atoms with Gasteiger partial charge in [0.15, 0.2) is 0 Å². The molecule has 0 aromatic heterocycles. The first-order valence-corrected chi connectivity index (χ1v) is 8.24. The lowest BCUT2D eigenvalue weighted by molar-refractivity contribution is -0.384. The number of nitro benzene ring substituents is 1. The van der Waals surface area contributed by atoms with E-state index in [4.69, 9.17) is 16.3 Å². The number of aryl methyl sites for hydroxylation is 1. The van der Waals surface area contributed by atoms with Gasteiger partial charge < -0.3 is 10.1 Å². The molecule has 1 amide bonds. The predicted octanol–water partition coefficient (Wildman–Crippen LogP) is 3.64. The molecule has 0 aliphatic rings. The molecule has 0 spiro atoms. The minimum Gasteiger partial charge on any atom is -0.496 e. The number of amides is 1. The molecule has 8 heteroatoms. The minimum atomic E-state index is -0.589. The van der Waals surface area contributed by atoms with E-state index in [0.717, 1.165) is 16.9 Å². The van der Waals surface area contributed by atoms with Crippen LogP contribution in [0, 0.1) is 17.0 Å². The molecule has 2 rings (SSSR count). The van der Waals surface area contributed by atoms with Gasteiger partial charge in [0.05, 0.1) is 18.6 Å². The molecule has 7 nitrogen and oxygen atoms in total. The Balaban J connectivity index is 2.01. The third-order valence-corrected chi connectivity index (χ3v) is 4.04. The molecular weight excluding hydrogens is 358 g/mol. The molecule has 0 aliphatic heterocycles. The number of halogens is 1. The highest BCUT2D eigenvalue weighted by Crippen LogP contribution is 2.27. The number of carbonyl (C=O) groups is 1. The van der Waals surface area contributed by atoms with Crippen LogP contribution in [0.15, 0.2) is 36.4 Å². The van der Waals surface area contributed by atoms with Gasteiger partial charge in [0.2, 0.25) is 5.91 Å². The summed E-state index contributed by atoms with van der Waals surface area (Å²) in [7, 11) is 3.42. The van der Waals surface area contributed by atoms with Gasteiger partial charge in [-0.15, -0.1) is 0 Å². The summed E-state index contributed by atoms with van der Waals surface area (Å²) < 4.78 is 5.35. The fourth-order valence-corrected chi connectivity index (χ4v) is 2.74. The van der Waals surface area contributed by atoms with Crippen LogP contribution in [0.4, 0.5) is 11.4 Å². The van der Waals surface area contributed by atoms with Crippen LogP contribution in [-0.4, -0.2) is 36.4 Å². The number of nitro groups is 1. The molecule has 0 aliphatic carbocycles. The molecule has 0 saturated carbocycles. The number of rotatable bonds is 7. The normalized spacial score (nSPS) is 10.7. The second kappa shape index (κ2) is 8.64. The Morgan fingerprint density at radius 1 is 1.31 bits per heavy atom. The Morgan fingerprint density at radius 2 is 2.04 bits per heavy atom. The van der Waals surface area contributed by atoms with Crippen LogP contribution in [0.1, 0.15) is 11.1 Å². The van der Waals surface area contributed by atoms with Crippen LogP contribution in [0.5, 0.6) is 5.75 Å². The van der Waals surface area contributed by atoms with Crippen molar-refractivity contribution < 1.29 is 14.5 Å². The maximum atomic E-state index is 12.2. The number of carbonyl (C=O) groups excluding carboxylic acids is 1. The van der Waals surface area contributed by atoms with E-state index in [1.165, 1.54) is 18.2 Å². The summed E-state index contributed by atoms with van der Waals surface area (Å²) in [6, 6.07) is 10.0. The van der Waals surface area contributed by atoms with Gasteiger partial charge in [-0.3, -0.25) is 19.8 Å². The highest BCUT2D eigenvalue weighted by Gasteiger charge is 2.15. The molecule has 0 unspecified atom stereocenters. The zero-order chi connectivity index (χ0) is 19.3. The number of likely N-dealkylation sites (N-methyl/N-ethyl adjacent to an activating group) is 1. The fraction of sp³-hybridized carbons (Fsp3) is 0.278. The summed E-state index contributed by atoms with van der Waals surface area (Å²) in [6.07, 6.45) is 0. The van der Waals surface area contributed by atoms with E-state index in [-0.39, 0.29) is 23.2 Å². The van der Waals surface area contributed by atoms with Gasteiger partial charge in [-0.25, -0.2) is 0 Å². The first-order valence-electron chi connectivity index (χ1n) is 7.86. The van der Waals surface area contributed by atoms with Crippen LogP contribution >= 0.6 is 11.6 Å². The SMILES string of the molecule is COc1ccc(C)cc1CN(C)CC(=O)Nc1ccc(Cl)c([N+](=O)[O-])c1. The molecule has 138 valence electrons. The zero-order valence-corrected chi connectivity index (χ0v) is 15.5. The molecule has 0 atom stereocenters. The minimum absolute atomic E-state index is 0.0247. The second-order valence-corrected chi connectivity index (χ2v) is 6.37. The lowest BCUT2D eigenvalue weighted by Crippen LogP contribution is -2.30. The van der Waals surface area contributed by atoms with Crippen molar-refractivity contribution in [1.29, 1.82) is 0 Å². The van der Waals surface area contributed by atoms with E-state index in [0.29, 0.717) is 12.2 Å². The standard InChI is InChI=1S/C18H20ClN3O4/c1-12-4-7-17(26-3)13(8-12)10-21(2)11-18(23)20-14-5-6-15(19)16(9-14)22(24)25/h4-9H,10-11H2,1-3H3,(H,20,23). The van der Waals surface area contributed by atoms with Gasteiger partial charge in [0.25, 0.3) is 5.69 Å². The largest absolute Gasteiger partial charge is 0.496 e. The first-order chi connectivity index (χ1) is 12.3. The third kappa shape index (κ3) is 5.18. The quantitative estimate of drug-likeness (QED) is 0.588. The fourth-order valence-electron chi connectivity index (χ4n) is 2.55. The Bertz CT molecular complexity index is 826. The summed E-state index contributed by atoms with van der Waals surface area (Å²) in [6.45, 7) is 2.63. The summed E-state index contributed by atoms with van der Waals surface area (Å²) in [5, 5.41) is 13.6. The van der Waals surface area contributed by atoms with Crippen molar-refractivity contribution >= 4 is 28.9 Å². The van der Waals surface area contributed by atoms with Crippen molar-refractivity contribution in [3.63, 3.8) is 0 Å². The van der Waals surface area contributed by atoms with Crippen LogP contribution in [-0.2, 0) is 11.3 Å². The van der Waals surface area contributed by atoms with Crippen molar-refractivity contribution in [3.8, 4) is 5.75 Å². The zero-order valence-electron chi connectivity index (χ0n) is 14.8. The van der Waals surface area contributed by atoms with Gasteiger partial charge >= 0.3 is 0 Å². The predicted molar refractivity (Wildman–Crippen MR) is 101 cm³/mol. The third-order valence-electron chi connectivity index (χ3n) is 3.72. The summed E-state index contributed by atoms with van der Waals surface area (Å²) >= 11 is 5.77. The van der Waals surface area contributed by atoms with E-state index in [1.54, 1.807) is 7.11 Å². The Hall–Kier alpha value is -2.64. The summed E-state index contributed by atoms with van der Waals surface area (Å²) in [4.78, 5) is 24.4. The van der Waals surface area contributed by atoms with Crippen molar-refractivity contribution in [3.05, 3.63) is 62.7 Å². The van der Waals surface area contributed by atoms with Crippen LogP contribution in [0.25, 0.3) is 0 Å². The number of hydrogen-bond acceptors (Lipinski definition) is 5. The molecule has 1 N–H and O–H groups in total. The number of nitrogens with one attached hydrogen (secondary N) is 1. The van der Waals surface area contributed by atoms with Crippen LogP contribution in [0.2, 0.25) is 5.02 Å². The average Bonchev–Trinajstić information content (AvgIpc) is 2.56. The maximum absolute atomic E-state index is 12.2. The van der Waals surface area contributed by atoms with Crippen molar-refractivity contribution in [2.75, 3.05) is 26.0 Å². The van der Waals surface area contributed by atoms with Crippen molar-refractivity contribution in [2.24, 2.45) is 0 Å². The summed E-state index contributed by atoms with van der Waals surface area (Å²) in [5.74, 6) is 0.479. The molecule has 0 saturated heterocycles. The van der Waals surface area contributed by atoms with Crippen LogP contribution in [0.3, 0.4) is 0 Å². The van der Waals surface area contributed by atoms with E-state index < -0.39 is 4.92 Å². The summed E-state index contributed by atoms with van der Waals surface area (Å²) in [5.41, 5.74) is 2.16. The number of benzene rings is 2. The molecule has 26 heavy (non-hydrogen) atoms. The van der Waals surface area contributed by atoms with E-state index in [2.05, 4.69) is 5.32 Å². The lowest BCUT2D eigenvalue weighted by Gasteiger charge is -2.18. The topological polar surface area (TPSA) is 84.7 Å². The van der Waals surface area contributed by atoms with Gasteiger partial charge in [0.1, 0.15) is 10.8 Å². The van der Waals surface area contributed by atoms with Gasteiger partial charge in [-0.05, 0) is 32.2 Å². The Kier molecular flexibility index (Phi) is 6.54. The molecule has 0 radical (unpaired) electrons. The highest BCUT2D eigenvalue weighted by atomic mass is 35.5. The molecule has 0 fully saturated rings. The Labute approximate surface area is 156 Å². The average molecular weight is 378 g/mol. The van der Waals surface area contributed by atoms with Crippen molar-refractivity contribution in [1.82, 2.24) is 4.90 Å². The number of nitrogens with zero attached hydrogens (tertiary/aromatic N) is 2. The van der Waals surface area contributed by atoms with Gasteiger partial charge in [-0.2, -0.15) is 0 Å². The number of ether oxygens (including phenoxy) is 1. The monoisotopic (exact) mass is 377 g/mol. The molecule has 0 heterocycles. The van der Waals surface area contributed by atoms with E-state index in [9.17, 15) is 14.9 Å². The number of hydrogen-bond donors (Lipinski definition) is 1. The first kappa shape index (κ1) is 19.7.